The lowest BCUT2D eigenvalue weighted by Crippen LogP contribution is -2.28. The second-order valence-electron chi connectivity index (χ2n) is 5.32. The van der Waals surface area contributed by atoms with Crippen molar-refractivity contribution in [2.24, 2.45) is 5.84 Å². The van der Waals surface area contributed by atoms with E-state index >= 15 is 0 Å². The van der Waals surface area contributed by atoms with Crippen molar-refractivity contribution in [2.75, 3.05) is 7.11 Å². The molecule has 0 bridgehead atoms. The summed E-state index contributed by atoms with van der Waals surface area (Å²) in [6.45, 7) is 4.19. The van der Waals surface area contributed by atoms with Crippen molar-refractivity contribution >= 4 is 11.3 Å². The van der Waals surface area contributed by atoms with E-state index in [0.717, 1.165) is 30.6 Å². The van der Waals surface area contributed by atoms with Gasteiger partial charge in [-0.2, -0.15) is 0 Å². The van der Waals surface area contributed by atoms with Crippen LogP contribution in [0.1, 0.15) is 40.5 Å². The zero-order chi connectivity index (χ0) is 15.2. The monoisotopic (exact) mass is 304 g/mol. The zero-order valence-electron chi connectivity index (χ0n) is 13.0. The standard InChI is InChI=1S/C17H24N2OS/c1-12-9-10-15(17(20-3)13(12)2)16(19-18)8-4-6-14-7-5-11-21-14/h5,7,9-11,16,19H,4,6,8,18H2,1-3H3. The maximum Gasteiger partial charge on any atom is 0.126 e. The molecule has 0 amide bonds. The Hall–Kier alpha value is -1.36. The number of hydrogen-bond acceptors (Lipinski definition) is 4. The number of hydrazine groups is 1. The topological polar surface area (TPSA) is 47.3 Å². The van der Waals surface area contributed by atoms with Gasteiger partial charge in [-0.1, -0.05) is 18.2 Å². The fourth-order valence-electron chi connectivity index (χ4n) is 2.62. The SMILES string of the molecule is COc1c(C(CCCc2cccs2)NN)ccc(C)c1C. The third-order valence-corrected chi connectivity index (χ3v) is 4.92. The second-order valence-corrected chi connectivity index (χ2v) is 6.35. The van der Waals surface area contributed by atoms with Gasteiger partial charge in [0.15, 0.2) is 0 Å². The molecular weight excluding hydrogens is 280 g/mol. The average molecular weight is 304 g/mol. The molecule has 1 aromatic heterocycles. The first-order valence-electron chi connectivity index (χ1n) is 7.30. The third-order valence-electron chi connectivity index (χ3n) is 3.98. The summed E-state index contributed by atoms with van der Waals surface area (Å²) < 4.78 is 5.60. The quantitative estimate of drug-likeness (QED) is 0.602. The molecule has 21 heavy (non-hydrogen) atoms. The number of nitrogens with two attached hydrogens (primary N) is 1. The Kier molecular flexibility index (Phi) is 5.79. The molecule has 0 aliphatic carbocycles. The van der Waals surface area contributed by atoms with Gasteiger partial charge < -0.3 is 4.74 Å². The average Bonchev–Trinajstić information content (AvgIpc) is 3.00. The molecule has 0 spiro atoms. The van der Waals surface area contributed by atoms with E-state index in [-0.39, 0.29) is 6.04 Å². The number of benzene rings is 1. The maximum absolute atomic E-state index is 5.77. The molecule has 1 atom stereocenters. The van der Waals surface area contributed by atoms with Crippen LogP contribution in [0.4, 0.5) is 0 Å². The molecule has 3 nitrogen and oxygen atoms in total. The first-order valence-corrected chi connectivity index (χ1v) is 8.18. The largest absolute Gasteiger partial charge is 0.496 e. The lowest BCUT2D eigenvalue weighted by molar-refractivity contribution is 0.391. The Labute approximate surface area is 131 Å². The molecule has 1 unspecified atom stereocenters. The summed E-state index contributed by atoms with van der Waals surface area (Å²) >= 11 is 1.81. The van der Waals surface area contributed by atoms with Crippen LogP contribution in [0.5, 0.6) is 5.75 Å². The van der Waals surface area contributed by atoms with Gasteiger partial charge in [-0.15, -0.1) is 11.3 Å². The number of ether oxygens (including phenoxy) is 1. The van der Waals surface area contributed by atoms with Gasteiger partial charge >= 0.3 is 0 Å². The van der Waals surface area contributed by atoms with Crippen molar-refractivity contribution in [1.29, 1.82) is 0 Å². The molecule has 0 saturated heterocycles. The van der Waals surface area contributed by atoms with E-state index in [2.05, 4.69) is 48.9 Å². The van der Waals surface area contributed by atoms with Gasteiger partial charge in [0.2, 0.25) is 0 Å². The Bertz CT molecular complexity index is 566. The second kappa shape index (κ2) is 7.59. The molecule has 0 saturated carbocycles. The van der Waals surface area contributed by atoms with Crippen LogP contribution in [0, 0.1) is 13.8 Å². The minimum Gasteiger partial charge on any atom is -0.496 e. The summed E-state index contributed by atoms with van der Waals surface area (Å²) in [5, 5.41) is 2.13. The summed E-state index contributed by atoms with van der Waals surface area (Å²) in [5.41, 5.74) is 6.52. The molecular formula is C17H24N2OS. The molecule has 4 heteroatoms. The fourth-order valence-corrected chi connectivity index (χ4v) is 3.37. The highest BCUT2D eigenvalue weighted by Gasteiger charge is 2.17. The summed E-state index contributed by atoms with van der Waals surface area (Å²) in [6, 6.07) is 8.67. The van der Waals surface area contributed by atoms with Gasteiger partial charge in [-0.05, 0) is 55.7 Å². The minimum absolute atomic E-state index is 0.124. The molecule has 2 aromatic rings. The van der Waals surface area contributed by atoms with Crippen molar-refractivity contribution in [3.63, 3.8) is 0 Å². The molecule has 114 valence electrons. The van der Waals surface area contributed by atoms with Gasteiger partial charge in [-0.3, -0.25) is 11.3 Å². The summed E-state index contributed by atoms with van der Waals surface area (Å²) in [4.78, 5) is 1.43. The van der Waals surface area contributed by atoms with Gasteiger partial charge in [-0.25, -0.2) is 0 Å². The Balaban J connectivity index is 2.08. The summed E-state index contributed by atoms with van der Waals surface area (Å²) in [5.74, 6) is 6.73. The lowest BCUT2D eigenvalue weighted by atomic mass is 9.96. The summed E-state index contributed by atoms with van der Waals surface area (Å²) in [6.07, 6.45) is 3.20. The number of rotatable bonds is 7. The van der Waals surface area contributed by atoms with Crippen molar-refractivity contribution < 1.29 is 4.74 Å². The van der Waals surface area contributed by atoms with E-state index in [1.165, 1.54) is 16.0 Å². The third kappa shape index (κ3) is 3.84. The van der Waals surface area contributed by atoms with Crippen molar-refractivity contribution in [3.8, 4) is 5.75 Å². The minimum atomic E-state index is 0.124. The van der Waals surface area contributed by atoms with Crippen LogP contribution in [-0.2, 0) is 6.42 Å². The van der Waals surface area contributed by atoms with Crippen LogP contribution in [0.25, 0.3) is 0 Å². The molecule has 0 aliphatic rings. The number of methoxy groups -OCH3 is 1. The van der Waals surface area contributed by atoms with Crippen LogP contribution < -0.4 is 16.0 Å². The first kappa shape index (κ1) is 16.0. The van der Waals surface area contributed by atoms with Gasteiger partial charge in [0.1, 0.15) is 5.75 Å². The van der Waals surface area contributed by atoms with Crippen LogP contribution in [0.2, 0.25) is 0 Å². The molecule has 1 heterocycles. The van der Waals surface area contributed by atoms with E-state index in [0.29, 0.717) is 0 Å². The van der Waals surface area contributed by atoms with E-state index in [1.807, 2.05) is 11.3 Å². The molecule has 1 aromatic carbocycles. The highest BCUT2D eigenvalue weighted by molar-refractivity contribution is 7.09. The molecule has 3 N–H and O–H groups in total. The number of nitrogens with one attached hydrogen (secondary N) is 1. The normalized spacial score (nSPS) is 12.4. The molecule has 2 rings (SSSR count). The predicted molar refractivity (Wildman–Crippen MR) is 89.8 cm³/mol. The maximum atomic E-state index is 5.77. The highest BCUT2D eigenvalue weighted by atomic mass is 32.1. The van der Waals surface area contributed by atoms with Crippen molar-refractivity contribution in [1.82, 2.24) is 5.43 Å². The van der Waals surface area contributed by atoms with Crippen LogP contribution in [0.15, 0.2) is 29.6 Å². The Morgan fingerprint density at radius 3 is 2.71 bits per heavy atom. The number of thiophene rings is 1. The smallest absolute Gasteiger partial charge is 0.126 e. The van der Waals surface area contributed by atoms with Gasteiger partial charge in [0.05, 0.1) is 7.11 Å². The fraction of sp³-hybridized carbons (Fsp3) is 0.412. The van der Waals surface area contributed by atoms with Crippen LogP contribution >= 0.6 is 11.3 Å². The Morgan fingerprint density at radius 1 is 1.29 bits per heavy atom. The van der Waals surface area contributed by atoms with E-state index in [4.69, 9.17) is 10.6 Å². The predicted octanol–water partition coefficient (Wildman–Crippen LogP) is 3.90. The Morgan fingerprint density at radius 2 is 2.10 bits per heavy atom. The molecule has 0 fully saturated rings. The summed E-state index contributed by atoms with van der Waals surface area (Å²) in [7, 11) is 1.73. The number of aryl methyl sites for hydroxylation is 2. The molecule has 0 radical (unpaired) electrons. The lowest BCUT2D eigenvalue weighted by Gasteiger charge is -2.21. The van der Waals surface area contributed by atoms with Crippen LogP contribution in [0.3, 0.4) is 0 Å². The molecule has 0 aliphatic heterocycles. The van der Waals surface area contributed by atoms with Gasteiger partial charge in [0.25, 0.3) is 0 Å². The zero-order valence-corrected chi connectivity index (χ0v) is 13.8. The van der Waals surface area contributed by atoms with E-state index in [9.17, 15) is 0 Å². The van der Waals surface area contributed by atoms with Crippen molar-refractivity contribution in [2.45, 2.75) is 39.2 Å². The van der Waals surface area contributed by atoms with E-state index < -0.39 is 0 Å². The van der Waals surface area contributed by atoms with E-state index in [1.54, 1.807) is 7.11 Å². The highest BCUT2D eigenvalue weighted by Crippen LogP contribution is 2.32. The van der Waals surface area contributed by atoms with Crippen molar-refractivity contribution in [3.05, 3.63) is 51.2 Å². The van der Waals surface area contributed by atoms with Gasteiger partial charge in [0, 0.05) is 16.5 Å². The number of hydrogen-bond donors (Lipinski definition) is 2. The van der Waals surface area contributed by atoms with Crippen LogP contribution in [-0.4, -0.2) is 7.11 Å². The first-order chi connectivity index (χ1) is 10.2.